The summed E-state index contributed by atoms with van der Waals surface area (Å²) in [6.07, 6.45) is 3.33. The van der Waals surface area contributed by atoms with Gasteiger partial charge in [-0.05, 0) is 62.4 Å². The van der Waals surface area contributed by atoms with Crippen molar-refractivity contribution >= 4 is 33.2 Å². The predicted octanol–water partition coefficient (Wildman–Crippen LogP) is 4.24. The van der Waals surface area contributed by atoms with Gasteiger partial charge in [0.25, 0.3) is 0 Å². The van der Waals surface area contributed by atoms with Crippen LogP contribution in [0.15, 0.2) is 53.4 Å². The Balaban J connectivity index is 1.64. The van der Waals surface area contributed by atoms with Crippen LogP contribution >= 0.6 is 11.6 Å². The molecule has 4 rings (SSSR count). The zero-order valence-electron chi connectivity index (χ0n) is 16.4. The molecule has 0 radical (unpaired) electrons. The summed E-state index contributed by atoms with van der Waals surface area (Å²) >= 11 is 6.17. The first-order valence-corrected chi connectivity index (χ1v) is 11.8. The zero-order chi connectivity index (χ0) is 20.6. The second-order valence-corrected chi connectivity index (χ2v) is 10.2. The Labute approximate surface area is 177 Å². The first-order valence-electron chi connectivity index (χ1n) is 10.0. The third kappa shape index (κ3) is 4.06. The van der Waals surface area contributed by atoms with Crippen LogP contribution in [0.2, 0.25) is 5.02 Å². The van der Waals surface area contributed by atoms with E-state index in [2.05, 4.69) is 0 Å². The summed E-state index contributed by atoms with van der Waals surface area (Å²) in [7, 11) is -3.68. The van der Waals surface area contributed by atoms with Crippen LogP contribution in [0.3, 0.4) is 0 Å². The van der Waals surface area contributed by atoms with Gasteiger partial charge >= 0.3 is 0 Å². The molecule has 1 aliphatic carbocycles. The fourth-order valence-corrected chi connectivity index (χ4v) is 5.98. The second-order valence-electron chi connectivity index (χ2n) is 7.84. The van der Waals surface area contributed by atoms with Crippen LogP contribution in [0.1, 0.15) is 31.2 Å². The Bertz CT molecular complexity index is 1010. The fourth-order valence-electron chi connectivity index (χ4n) is 3.99. The van der Waals surface area contributed by atoms with Gasteiger partial charge in [0.15, 0.2) is 0 Å². The molecule has 1 saturated heterocycles. The lowest BCUT2D eigenvalue weighted by Gasteiger charge is -2.39. The van der Waals surface area contributed by atoms with Crippen molar-refractivity contribution in [1.82, 2.24) is 4.31 Å². The van der Waals surface area contributed by atoms with Gasteiger partial charge in [0.2, 0.25) is 15.9 Å². The third-order valence-corrected chi connectivity index (χ3v) is 8.18. The Kier molecular flexibility index (Phi) is 5.69. The Morgan fingerprint density at radius 3 is 2.48 bits per heavy atom. The molecule has 154 valence electrons. The Morgan fingerprint density at radius 2 is 1.79 bits per heavy atom. The summed E-state index contributed by atoms with van der Waals surface area (Å²) < 4.78 is 28.2. The van der Waals surface area contributed by atoms with Crippen molar-refractivity contribution in [2.24, 2.45) is 5.92 Å². The number of halogens is 1. The van der Waals surface area contributed by atoms with Gasteiger partial charge in [-0.25, -0.2) is 8.42 Å². The van der Waals surface area contributed by atoms with Gasteiger partial charge in [-0.3, -0.25) is 4.79 Å². The van der Waals surface area contributed by atoms with Gasteiger partial charge in [-0.15, -0.1) is 0 Å². The number of carbonyl (C=O) groups excluding carboxylic acids is 1. The SMILES string of the molecule is Cc1c(Cl)cccc1S(=O)(=O)N1CCCC(N(C(=O)C2CC2)c2ccccc2)C1. The van der Waals surface area contributed by atoms with E-state index in [-0.39, 0.29) is 22.8 Å². The van der Waals surface area contributed by atoms with Gasteiger partial charge < -0.3 is 4.90 Å². The molecule has 2 aromatic rings. The minimum atomic E-state index is -3.68. The maximum Gasteiger partial charge on any atom is 0.243 e. The van der Waals surface area contributed by atoms with Crippen LogP contribution in [0, 0.1) is 12.8 Å². The van der Waals surface area contributed by atoms with Crippen molar-refractivity contribution < 1.29 is 13.2 Å². The monoisotopic (exact) mass is 432 g/mol. The topological polar surface area (TPSA) is 57.7 Å². The van der Waals surface area contributed by atoms with Crippen LogP contribution in [0.25, 0.3) is 0 Å². The zero-order valence-corrected chi connectivity index (χ0v) is 18.0. The summed E-state index contributed by atoms with van der Waals surface area (Å²) in [6, 6.07) is 14.4. The number of para-hydroxylation sites is 1. The highest BCUT2D eigenvalue weighted by molar-refractivity contribution is 7.89. The number of sulfonamides is 1. The van der Waals surface area contributed by atoms with E-state index in [4.69, 9.17) is 11.6 Å². The first kappa shape index (κ1) is 20.4. The molecule has 0 spiro atoms. The average Bonchev–Trinajstić information content (AvgIpc) is 3.56. The lowest BCUT2D eigenvalue weighted by atomic mass is 10.0. The Morgan fingerprint density at radius 1 is 1.07 bits per heavy atom. The molecule has 0 bridgehead atoms. The van der Waals surface area contributed by atoms with E-state index in [9.17, 15) is 13.2 Å². The van der Waals surface area contributed by atoms with E-state index < -0.39 is 10.0 Å². The number of nitrogens with zero attached hydrogens (tertiary/aromatic N) is 2. The van der Waals surface area contributed by atoms with Crippen molar-refractivity contribution in [3.8, 4) is 0 Å². The van der Waals surface area contributed by atoms with Crippen molar-refractivity contribution in [1.29, 1.82) is 0 Å². The van der Waals surface area contributed by atoms with Crippen molar-refractivity contribution in [3.05, 3.63) is 59.1 Å². The molecule has 2 fully saturated rings. The standard InChI is InChI=1S/C22H25ClN2O3S/c1-16-20(23)10-5-11-21(16)29(27,28)24-14-6-9-19(15-24)25(22(26)17-12-13-17)18-7-3-2-4-8-18/h2-5,7-8,10-11,17,19H,6,9,12-15H2,1H3. The molecular formula is C22H25ClN2O3S. The highest BCUT2D eigenvalue weighted by Crippen LogP contribution is 2.36. The van der Waals surface area contributed by atoms with E-state index in [1.165, 1.54) is 4.31 Å². The largest absolute Gasteiger partial charge is 0.308 e. The summed E-state index contributed by atoms with van der Waals surface area (Å²) in [5.74, 6) is 0.178. The summed E-state index contributed by atoms with van der Waals surface area (Å²) in [4.78, 5) is 15.1. The van der Waals surface area contributed by atoms with Crippen LogP contribution in [0.5, 0.6) is 0 Å². The molecule has 1 heterocycles. The van der Waals surface area contributed by atoms with Gasteiger partial charge in [0, 0.05) is 29.7 Å². The lowest BCUT2D eigenvalue weighted by molar-refractivity contribution is -0.120. The number of piperidine rings is 1. The van der Waals surface area contributed by atoms with E-state index in [0.29, 0.717) is 30.1 Å². The van der Waals surface area contributed by atoms with Gasteiger partial charge in [0.05, 0.1) is 10.9 Å². The van der Waals surface area contributed by atoms with E-state index >= 15 is 0 Å². The second kappa shape index (κ2) is 8.09. The summed E-state index contributed by atoms with van der Waals surface area (Å²) in [5.41, 5.74) is 1.40. The smallest absolute Gasteiger partial charge is 0.243 e. The van der Waals surface area contributed by atoms with Crippen LogP contribution in [0.4, 0.5) is 5.69 Å². The highest BCUT2D eigenvalue weighted by Gasteiger charge is 2.40. The molecule has 2 aliphatic rings. The van der Waals surface area contributed by atoms with Crippen LogP contribution in [-0.2, 0) is 14.8 Å². The molecule has 1 unspecified atom stereocenters. The molecule has 7 heteroatoms. The number of hydrogen-bond donors (Lipinski definition) is 0. The number of amides is 1. The van der Waals surface area contributed by atoms with Crippen molar-refractivity contribution in [2.45, 2.75) is 43.5 Å². The summed E-state index contributed by atoms with van der Waals surface area (Å²) in [5, 5.41) is 0.439. The van der Waals surface area contributed by atoms with Gasteiger partial charge in [-0.1, -0.05) is 35.9 Å². The molecule has 0 aromatic heterocycles. The normalized spacial score (nSPS) is 20.4. The Hall–Kier alpha value is -1.89. The van der Waals surface area contributed by atoms with Gasteiger partial charge in [0.1, 0.15) is 0 Å². The molecule has 1 saturated carbocycles. The molecule has 2 aromatic carbocycles. The third-order valence-electron chi connectivity index (χ3n) is 5.76. The fraction of sp³-hybridized carbons (Fsp3) is 0.409. The average molecular weight is 433 g/mol. The molecular weight excluding hydrogens is 408 g/mol. The minimum Gasteiger partial charge on any atom is -0.308 e. The molecule has 1 aliphatic heterocycles. The van der Waals surface area contributed by atoms with E-state index in [1.807, 2.05) is 35.2 Å². The number of anilines is 1. The number of rotatable bonds is 5. The predicted molar refractivity (Wildman–Crippen MR) is 115 cm³/mol. The summed E-state index contributed by atoms with van der Waals surface area (Å²) in [6.45, 7) is 2.47. The maximum atomic E-state index is 13.3. The first-order chi connectivity index (χ1) is 13.9. The van der Waals surface area contributed by atoms with E-state index in [0.717, 1.165) is 24.9 Å². The number of carbonyl (C=O) groups is 1. The molecule has 1 amide bonds. The van der Waals surface area contributed by atoms with Crippen molar-refractivity contribution in [3.63, 3.8) is 0 Å². The van der Waals surface area contributed by atoms with Crippen LogP contribution in [-0.4, -0.2) is 37.8 Å². The van der Waals surface area contributed by atoms with E-state index in [1.54, 1.807) is 25.1 Å². The molecule has 0 N–H and O–H groups in total. The molecule has 5 nitrogen and oxygen atoms in total. The molecule has 1 atom stereocenters. The van der Waals surface area contributed by atoms with Crippen molar-refractivity contribution in [2.75, 3.05) is 18.0 Å². The van der Waals surface area contributed by atoms with Crippen LogP contribution < -0.4 is 4.90 Å². The number of hydrogen-bond acceptors (Lipinski definition) is 3. The highest BCUT2D eigenvalue weighted by atomic mass is 35.5. The van der Waals surface area contributed by atoms with Gasteiger partial charge in [-0.2, -0.15) is 4.31 Å². The lowest BCUT2D eigenvalue weighted by Crippen LogP contribution is -2.52. The molecule has 29 heavy (non-hydrogen) atoms. The quantitative estimate of drug-likeness (QED) is 0.709. The maximum absolute atomic E-state index is 13.3. The minimum absolute atomic E-state index is 0.0670. The number of benzene rings is 2.